The molecule has 1 aromatic carbocycles. The number of hydrogen-bond donors (Lipinski definition) is 1. The number of hydrogen-bond acceptors (Lipinski definition) is 3. The summed E-state index contributed by atoms with van der Waals surface area (Å²) in [4.78, 5) is 0. The molecule has 1 N–H and O–H groups in total. The number of furan rings is 1. The van der Waals surface area contributed by atoms with Gasteiger partial charge in [-0.3, -0.25) is 0 Å². The first kappa shape index (κ1) is 14.1. The number of halogens is 2. The summed E-state index contributed by atoms with van der Waals surface area (Å²) in [5, 5.41) is 3.27. The average molecular weight is 284 g/mol. The van der Waals surface area contributed by atoms with Gasteiger partial charge in [0, 0.05) is 19.2 Å². The SMILES string of the molecule is COCCNCc1ccc(-c2ccc(F)c(Cl)c2)o1. The van der Waals surface area contributed by atoms with E-state index in [0.717, 1.165) is 17.9 Å². The largest absolute Gasteiger partial charge is 0.460 e. The Kier molecular flexibility index (Phi) is 4.96. The van der Waals surface area contributed by atoms with Crippen LogP contribution in [0.4, 0.5) is 4.39 Å². The summed E-state index contributed by atoms with van der Waals surface area (Å²) in [5.41, 5.74) is 0.759. The lowest BCUT2D eigenvalue weighted by atomic mass is 10.2. The van der Waals surface area contributed by atoms with Crippen LogP contribution in [0.1, 0.15) is 5.76 Å². The van der Waals surface area contributed by atoms with Gasteiger partial charge in [-0.25, -0.2) is 4.39 Å². The number of rotatable bonds is 6. The van der Waals surface area contributed by atoms with Crippen molar-refractivity contribution < 1.29 is 13.5 Å². The number of nitrogens with one attached hydrogen (secondary N) is 1. The minimum atomic E-state index is -0.432. The molecule has 0 atom stereocenters. The van der Waals surface area contributed by atoms with E-state index in [-0.39, 0.29) is 5.02 Å². The van der Waals surface area contributed by atoms with Gasteiger partial charge in [0.05, 0.1) is 18.2 Å². The lowest BCUT2D eigenvalue weighted by Crippen LogP contribution is -2.18. The lowest BCUT2D eigenvalue weighted by molar-refractivity contribution is 0.198. The molecular weight excluding hydrogens is 269 g/mol. The molecule has 0 spiro atoms. The Morgan fingerprint density at radius 1 is 1.32 bits per heavy atom. The van der Waals surface area contributed by atoms with Crippen LogP contribution < -0.4 is 5.32 Å². The number of benzene rings is 1. The molecule has 5 heteroatoms. The van der Waals surface area contributed by atoms with Crippen molar-refractivity contribution in [2.24, 2.45) is 0 Å². The van der Waals surface area contributed by atoms with Crippen LogP contribution in [0.3, 0.4) is 0 Å². The highest BCUT2D eigenvalue weighted by molar-refractivity contribution is 6.31. The standard InChI is InChI=1S/C14H15ClFNO2/c1-18-7-6-17-9-11-3-5-14(19-11)10-2-4-13(16)12(15)8-10/h2-5,8,17H,6-7,9H2,1H3. The van der Waals surface area contributed by atoms with Gasteiger partial charge < -0.3 is 14.5 Å². The Morgan fingerprint density at radius 2 is 2.16 bits per heavy atom. The molecule has 0 aliphatic heterocycles. The van der Waals surface area contributed by atoms with E-state index in [1.54, 1.807) is 19.2 Å². The summed E-state index contributed by atoms with van der Waals surface area (Å²) in [6.45, 7) is 2.04. The van der Waals surface area contributed by atoms with Gasteiger partial charge in [0.2, 0.25) is 0 Å². The zero-order valence-corrected chi connectivity index (χ0v) is 11.3. The van der Waals surface area contributed by atoms with E-state index in [2.05, 4.69) is 5.32 Å². The molecule has 0 saturated heterocycles. The van der Waals surface area contributed by atoms with Gasteiger partial charge in [-0.15, -0.1) is 0 Å². The maximum absolute atomic E-state index is 13.1. The molecule has 19 heavy (non-hydrogen) atoms. The minimum absolute atomic E-state index is 0.0914. The fourth-order valence-corrected chi connectivity index (χ4v) is 1.84. The summed E-state index contributed by atoms with van der Waals surface area (Å²) in [5.74, 6) is 1.05. The molecule has 0 saturated carbocycles. The van der Waals surface area contributed by atoms with Crippen molar-refractivity contribution in [1.29, 1.82) is 0 Å². The molecule has 0 bridgehead atoms. The van der Waals surface area contributed by atoms with Gasteiger partial charge in [0.1, 0.15) is 17.3 Å². The fraction of sp³-hybridized carbons (Fsp3) is 0.286. The van der Waals surface area contributed by atoms with E-state index in [4.69, 9.17) is 20.8 Å². The second-order valence-electron chi connectivity index (χ2n) is 4.06. The lowest BCUT2D eigenvalue weighted by Gasteiger charge is -2.02. The van der Waals surface area contributed by atoms with Crippen LogP contribution in [-0.4, -0.2) is 20.3 Å². The Bertz CT molecular complexity index is 542. The quantitative estimate of drug-likeness (QED) is 0.824. The monoisotopic (exact) mass is 283 g/mol. The summed E-state index contributed by atoms with van der Waals surface area (Å²) >= 11 is 5.75. The van der Waals surface area contributed by atoms with Crippen LogP contribution in [-0.2, 0) is 11.3 Å². The molecular formula is C14H15ClFNO2. The molecule has 0 radical (unpaired) electrons. The Labute approximate surface area is 116 Å². The first-order valence-electron chi connectivity index (χ1n) is 5.94. The molecule has 2 rings (SSSR count). The summed E-state index contributed by atoms with van der Waals surface area (Å²) in [6.07, 6.45) is 0. The normalized spacial score (nSPS) is 10.9. The van der Waals surface area contributed by atoms with Gasteiger partial charge in [-0.1, -0.05) is 11.6 Å². The van der Waals surface area contributed by atoms with Gasteiger partial charge >= 0.3 is 0 Å². The number of ether oxygens (including phenoxy) is 1. The van der Waals surface area contributed by atoms with Crippen molar-refractivity contribution in [3.05, 3.63) is 46.9 Å². The maximum Gasteiger partial charge on any atom is 0.141 e. The summed E-state index contributed by atoms with van der Waals surface area (Å²) in [6, 6.07) is 8.25. The maximum atomic E-state index is 13.1. The Balaban J connectivity index is 2.01. The molecule has 0 aliphatic rings. The zero-order valence-electron chi connectivity index (χ0n) is 10.6. The first-order chi connectivity index (χ1) is 9.20. The van der Waals surface area contributed by atoms with Crippen molar-refractivity contribution in [2.75, 3.05) is 20.3 Å². The average Bonchev–Trinajstić information content (AvgIpc) is 2.87. The van der Waals surface area contributed by atoms with E-state index >= 15 is 0 Å². The molecule has 0 amide bonds. The van der Waals surface area contributed by atoms with Crippen LogP contribution >= 0.6 is 11.6 Å². The predicted molar refractivity (Wildman–Crippen MR) is 72.7 cm³/mol. The smallest absolute Gasteiger partial charge is 0.141 e. The second-order valence-corrected chi connectivity index (χ2v) is 4.47. The Morgan fingerprint density at radius 3 is 2.89 bits per heavy atom. The molecule has 0 fully saturated rings. The van der Waals surface area contributed by atoms with Gasteiger partial charge in [-0.2, -0.15) is 0 Å². The van der Waals surface area contributed by atoms with Crippen LogP contribution in [0, 0.1) is 5.82 Å². The van der Waals surface area contributed by atoms with Gasteiger partial charge in [0.15, 0.2) is 0 Å². The van der Waals surface area contributed by atoms with Crippen LogP contribution in [0.15, 0.2) is 34.7 Å². The molecule has 0 aliphatic carbocycles. The van der Waals surface area contributed by atoms with Crippen molar-refractivity contribution in [3.8, 4) is 11.3 Å². The van der Waals surface area contributed by atoms with Crippen LogP contribution in [0.5, 0.6) is 0 Å². The van der Waals surface area contributed by atoms with E-state index in [1.165, 1.54) is 6.07 Å². The van der Waals surface area contributed by atoms with Crippen molar-refractivity contribution in [3.63, 3.8) is 0 Å². The molecule has 1 aromatic heterocycles. The number of methoxy groups -OCH3 is 1. The summed E-state index contributed by atoms with van der Waals surface area (Å²) in [7, 11) is 1.66. The molecule has 0 unspecified atom stereocenters. The van der Waals surface area contributed by atoms with Crippen molar-refractivity contribution >= 4 is 11.6 Å². The van der Waals surface area contributed by atoms with E-state index in [0.29, 0.717) is 18.9 Å². The molecule has 1 heterocycles. The van der Waals surface area contributed by atoms with Gasteiger partial charge in [-0.05, 0) is 30.3 Å². The topological polar surface area (TPSA) is 34.4 Å². The minimum Gasteiger partial charge on any atom is -0.460 e. The van der Waals surface area contributed by atoms with Crippen LogP contribution in [0.25, 0.3) is 11.3 Å². The van der Waals surface area contributed by atoms with E-state index in [9.17, 15) is 4.39 Å². The van der Waals surface area contributed by atoms with Gasteiger partial charge in [0.25, 0.3) is 0 Å². The first-order valence-corrected chi connectivity index (χ1v) is 6.32. The summed E-state index contributed by atoms with van der Waals surface area (Å²) < 4.78 is 23.7. The predicted octanol–water partition coefficient (Wildman–Crippen LogP) is 3.48. The molecule has 3 nitrogen and oxygen atoms in total. The van der Waals surface area contributed by atoms with Crippen molar-refractivity contribution in [1.82, 2.24) is 5.32 Å². The van der Waals surface area contributed by atoms with Crippen LogP contribution in [0.2, 0.25) is 5.02 Å². The highest BCUT2D eigenvalue weighted by Crippen LogP contribution is 2.26. The zero-order chi connectivity index (χ0) is 13.7. The van der Waals surface area contributed by atoms with Crippen molar-refractivity contribution in [2.45, 2.75) is 6.54 Å². The third-order valence-corrected chi connectivity index (χ3v) is 2.94. The molecule has 102 valence electrons. The Hall–Kier alpha value is -1.36. The van der Waals surface area contributed by atoms with E-state index in [1.807, 2.05) is 12.1 Å². The molecule has 2 aromatic rings. The second kappa shape index (κ2) is 6.70. The highest BCUT2D eigenvalue weighted by Gasteiger charge is 2.07. The van der Waals surface area contributed by atoms with E-state index < -0.39 is 5.82 Å². The third kappa shape index (κ3) is 3.80. The fourth-order valence-electron chi connectivity index (χ4n) is 1.66. The highest BCUT2D eigenvalue weighted by atomic mass is 35.5. The third-order valence-electron chi connectivity index (χ3n) is 2.65.